The molecule has 0 aromatic rings. The largest absolute Gasteiger partial charge is 0.356 e. The van der Waals surface area contributed by atoms with Crippen LogP contribution >= 0.6 is 0 Å². The molecule has 43 heavy (non-hydrogen) atoms. The second kappa shape index (κ2) is 21.1. The van der Waals surface area contributed by atoms with E-state index in [0.29, 0.717) is 19.0 Å². The first-order valence-corrected chi connectivity index (χ1v) is 17.1. The molecule has 240 valence electrons. The van der Waals surface area contributed by atoms with Gasteiger partial charge in [0.25, 0.3) is 0 Å². The average Bonchev–Trinajstić information content (AvgIpc) is 2.97. The average molecular weight is 591 g/mol. The van der Waals surface area contributed by atoms with E-state index in [4.69, 9.17) is 0 Å². The zero-order valence-corrected chi connectivity index (χ0v) is 28.4. The molecule has 0 aliphatic heterocycles. The van der Waals surface area contributed by atoms with Crippen molar-refractivity contribution in [2.75, 3.05) is 13.1 Å². The summed E-state index contributed by atoms with van der Waals surface area (Å²) in [5, 5.41) is 6.18. The molecule has 4 heteroatoms. The van der Waals surface area contributed by atoms with Gasteiger partial charge in [-0.15, -0.1) is 0 Å². The van der Waals surface area contributed by atoms with Crippen LogP contribution in [0.2, 0.25) is 0 Å². The molecule has 2 amide bonds. The number of hydrogen-bond donors (Lipinski definition) is 2. The minimum absolute atomic E-state index is 0.0164. The summed E-state index contributed by atoms with van der Waals surface area (Å²) in [5.41, 5.74) is 7.23. The summed E-state index contributed by atoms with van der Waals surface area (Å²) in [6.07, 6.45) is 30.7. The summed E-state index contributed by atoms with van der Waals surface area (Å²) in [7, 11) is 0. The highest BCUT2D eigenvalue weighted by Crippen LogP contribution is 2.28. The van der Waals surface area contributed by atoms with Crippen LogP contribution in [-0.4, -0.2) is 24.9 Å². The van der Waals surface area contributed by atoms with Crippen LogP contribution in [0.5, 0.6) is 0 Å². The molecule has 2 N–H and O–H groups in total. The molecule has 4 nitrogen and oxygen atoms in total. The fourth-order valence-electron chi connectivity index (χ4n) is 5.91. The van der Waals surface area contributed by atoms with Crippen molar-refractivity contribution in [3.8, 4) is 0 Å². The molecule has 2 rings (SSSR count). The molecule has 0 spiro atoms. The molecule has 0 fully saturated rings. The Kier molecular flexibility index (Phi) is 18.0. The van der Waals surface area contributed by atoms with E-state index >= 15 is 0 Å². The van der Waals surface area contributed by atoms with Gasteiger partial charge in [-0.25, -0.2) is 0 Å². The van der Waals surface area contributed by atoms with Crippen LogP contribution in [0.25, 0.3) is 0 Å². The normalized spacial score (nSPS) is 20.7. The van der Waals surface area contributed by atoms with Gasteiger partial charge in [0.05, 0.1) is 5.92 Å². The summed E-state index contributed by atoms with van der Waals surface area (Å²) in [5.74, 6) is 0.935. The summed E-state index contributed by atoms with van der Waals surface area (Å²) >= 11 is 0. The van der Waals surface area contributed by atoms with Crippen LogP contribution in [0.4, 0.5) is 0 Å². The topological polar surface area (TPSA) is 58.2 Å². The van der Waals surface area contributed by atoms with Gasteiger partial charge in [-0.2, -0.15) is 0 Å². The quantitative estimate of drug-likeness (QED) is 0.123. The smallest absolute Gasteiger partial charge is 0.226 e. The third-order valence-corrected chi connectivity index (χ3v) is 8.80. The zero-order chi connectivity index (χ0) is 31.5. The van der Waals surface area contributed by atoms with Gasteiger partial charge in [0.2, 0.25) is 11.8 Å². The Balaban J connectivity index is 1.55. The fourth-order valence-corrected chi connectivity index (χ4v) is 5.91. The molecule has 0 saturated carbocycles. The van der Waals surface area contributed by atoms with Gasteiger partial charge in [-0.05, 0) is 137 Å². The number of allylic oxidation sites excluding steroid dienone is 11. The third-order valence-electron chi connectivity index (χ3n) is 8.80. The zero-order valence-electron chi connectivity index (χ0n) is 28.4. The van der Waals surface area contributed by atoms with Gasteiger partial charge in [0.15, 0.2) is 0 Å². The molecule has 0 aromatic heterocycles. The van der Waals surface area contributed by atoms with Crippen molar-refractivity contribution >= 4 is 11.8 Å². The molecule has 0 saturated heterocycles. The van der Waals surface area contributed by atoms with Crippen molar-refractivity contribution in [1.82, 2.24) is 10.6 Å². The number of rotatable bonds is 18. The molecule has 3 atom stereocenters. The first kappa shape index (κ1) is 36.6. The molecule has 2 aliphatic carbocycles. The predicted molar refractivity (Wildman–Crippen MR) is 185 cm³/mol. The SMILES string of the molecule is CC(C)=CCC/C(C)=C/CCC1=CCC(C(=O)NCCCNC(=O)C2C=CC(CC/C=C(\C)CCC=C(C)C)CC2)CC1. The van der Waals surface area contributed by atoms with E-state index in [1.165, 1.54) is 27.9 Å². The maximum Gasteiger partial charge on any atom is 0.226 e. The number of nitrogens with one attached hydrogen (secondary N) is 2. The fraction of sp³-hybridized carbons (Fsp3) is 0.641. The molecule has 0 bridgehead atoms. The predicted octanol–water partition coefficient (Wildman–Crippen LogP) is 9.86. The van der Waals surface area contributed by atoms with Crippen molar-refractivity contribution < 1.29 is 9.59 Å². The Morgan fingerprint density at radius 1 is 0.744 bits per heavy atom. The first-order chi connectivity index (χ1) is 20.6. The lowest BCUT2D eigenvalue weighted by molar-refractivity contribution is -0.125. The van der Waals surface area contributed by atoms with Crippen molar-refractivity contribution in [2.45, 2.75) is 131 Å². The van der Waals surface area contributed by atoms with E-state index in [-0.39, 0.29) is 23.7 Å². The second-order valence-electron chi connectivity index (χ2n) is 13.5. The molecule has 3 unspecified atom stereocenters. The molecule has 0 aromatic carbocycles. The lowest BCUT2D eigenvalue weighted by Crippen LogP contribution is -2.36. The summed E-state index contributed by atoms with van der Waals surface area (Å²) in [6, 6.07) is 0. The Hall–Kier alpha value is -2.62. The monoisotopic (exact) mass is 590 g/mol. The van der Waals surface area contributed by atoms with Gasteiger partial charge in [0, 0.05) is 19.0 Å². The number of hydrogen-bond acceptors (Lipinski definition) is 2. The van der Waals surface area contributed by atoms with E-state index in [9.17, 15) is 9.59 Å². The van der Waals surface area contributed by atoms with E-state index in [0.717, 1.165) is 89.9 Å². The van der Waals surface area contributed by atoms with Crippen LogP contribution in [0.3, 0.4) is 0 Å². The van der Waals surface area contributed by atoms with E-state index in [1.54, 1.807) is 0 Å². The van der Waals surface area contributed by atoms with E-state index in [1.807, 2.05) is 0 Å². The van der Waals surface area contributed by atoms with Crippen LogP contribution in [0, 0.1) is 17.8 Å². The summed E-state index contributed by atoms with van der Waals surface area (Å²) in [6.45, 7) is 14.3. The van der Waals surface area contributed by atoms with E-state index in [2.05, 4.69) is 94.7 Å². The Morgan fingerprint density at radius 2 is 1.37 bits per heavy atom. The standard InChI is InChI=1S/C39H62N2O2/c1-30(2)12-7-14-32(5)16-9-18-34-20-24-36(25-21-34)38(42)40-28-11-29-41-39(43)37-26-22-35(23-27-37)19-10-17-33(6)15-8-13-31(3)4/h12-13,16-17,20,22,24,34,36-37H,7-11,14-15,18-19,21,23,25-29H2,1-6H3,(H,40,42)(H,41,43)/b32-16+,33-17+. The highest BCUT2D eigenvalue weighted by Gasteiger charge is 2.22. The molecule has 0 heterocycles. The molecule has 0 radical (unpaired) electrons. The first-order valence-electron chi connectivity index (χ1n) is 17.1. The van der Waals surface area contributed by atoms with Gasteiger partial charge < -0.3 is 10.6 Å². The lowest BCUT2D eigenvalue weighted by atomic mass is 9.85. The van der Waals surface area contributed by atoms with Crippen LogP contribution in [-0.2, 0) is 9.59 Å². The van der Waals surface area contributed by atoms with Gasteiger partial charge in [-0.3, -0.25) is 9.59 Å². The lowest BCUT2D eigenvalue weighted by Gasteiger charge is -2.22. The highest BCUT2D eigenvalue weighted by atomic mass is 16.2. The Labute approximate surface area is 264 Å². The van der Waals surface area contributed by atoms with Crippen molar-refractivity contribution in [2.24, 2.45) is 17.8 Å². The molecule has 2 aliphatic rings. The van der Waals surface area contributed by atoms with Crippen LogP contribution < -0.4 is 10.6 Å². The van der Waals surface area contributed by atoms with Crippen LogP contribution in [0.15, 0.2) is 70.4 Å². The van der Waals surface area contributed by atoms with Crippen LogP contribution in [0.1, 0.15) is 131 Å². The maximum atomic E-state index is 12.7. The molecular weight excluding hydrogens is 528 g/mol. The minimum atomic E-state index is -0.0164. The van der Waals surface area contributed by atoms with E-state index < -0.39 is 0 Å². The Bertz CT molecular complexity index is 1050. The maximum absolute atomic E-state index is 12.7. The van der Waals surface area contributed by atoms with Gasteiger partial charge >= 0.3 is 0 Å². The highest BCUT2D eigenvalue weighted by molar-refractivity contribution is 5.80. The second-order valence-corrected chi connectivity index (χ2v) is 13.5. The number of carbonyl (C=O) groups is 2. The van der Waals surface area contributed by atoms with Gasteiger partial charge in [0.1, 0.15) is 0 Å². The molecular formula is C39H62N2O2. The third kappa shape index (κ3) is 16.7. The van der Waals surface area contributed by atoms with Crippen molar-refractivity contribution in [3.63, 3.8) is 0 Å². The van der Waals surface area contributed by atoms with Crippen molar-refractivity contribution in [1.29, 1.82) is 0 Å². The Morgan fingerprint density at radius 3 is 1.93 bits per heavy atom. The number of carbonyl (C=O) groups excluding carboxylic acids is 2. The minimum Gasteiger partial charge on any atom is -0.356 e. The summed E-state index contributed by atoms with van der Waals surface area (Å²) in [4.78, 5) is 25.3. The van der Waals surface area contributed by atoms with Crippen molar-refractivity contribution in [3.05, 3.63) is 70.4 Å². The number of amides is 2. The van der Waals surface area contributed by atoms with Gasteiger partial charge in [-0.1, -0.05) is 70.4 Å². The summed E-state index contributed by atoms with van der Waals surface area (Å²) < 4.78 is 0.